The third-order valence-corrected chi connectivity index (χ3v) is 3.77. The molecule has 0 aliphatic heterocycles. The largest absolute Gasteiger partial charge is 0.435 e. The Balaban J connectivity index is 0.00000145. The van der Waals surface area contributed by atoms with Crippen LogP contribution in [0, 0.1) is 17.5 Å². The Morgan fingerprint density at radius 1 is 1.00 bits per heavy atom. The molecule has 0 amide bonds. The molecule has 3 aromatic rings. The summed E-state index contributed by atoms with van der Waals surface area (Å²) in [7, 11) is 1.36. The molecule has 1 aromatic carbocycles. The Labute approximate surface area is 163 Å². The van der Waals surface area contributed by atoms with Crippen LogP contribution in [0.4, 0.5) is 32.0 Å². The van der Waals surface area contributed by atoms with E-state index in [1.807, 2.05) is 13.8 Å². The summed E-state index contributed by atoms with van der Waals surface area (Å²) >= 11 is 0. The number of pyridine rings is 1. The van der Waals surface area contributed by atoms with Crippen LogP contribution in [0.15, 0.2) is 36.5 Å². The summed E-state index contributed by atoms with van der Waals surface area (Å²) < 4.78 is 79.3. The quantitative estimate of drug-likeness (QED) is 0.567. The summed E-state index contributed by atoms with van der Waals surface area (Å²) in [6.45, 7) is 3.74. The second-order valence-corrected chi connectivity index (χ2v) is 5.67. The van der Waals surface area contributed by atoms with Gasteiger partial charge in [0.1, 0.15) is 17.5 Å². The predicted octanol–water partition coefficient (Wildman–Crippen LogP) is 5.56. The smallest absolute Gasteiger partial charge is 0.379 e. The van der Waals surface area contributed by atoms with Crippen LogP contribution in [-0.4, -0.2) is 14.8 Å². The highest BCUT2D eigenvalue weighted by Crippen LogP contribution is 2.31. The molecule has 0 saturated carbocycles. The number of nitrogens with zero attached hydrogens (tertiary/aromatic N) is 3. The summed E-state index contributed by atoms with van der Waals surface area (Å²) in [5.41, 5.74) is -0.608. The lowest BCUT2D eigenvalue weighted by Gasteiger charge is -2.09. The zero-order valence-electron chi connectivity index (χ0n) is 15.8. The highest BCUT2D eigenvalue weighted by Gasteiger charge is 2.34. The van der Waals surface area contributed by atoms with Gasteiger partial charge >= 0.3 is 6.18 Å². The van der Waals surface area contributed by atoms with Crippen molar-refractivity contribution in [1.29, 1.82) is 0 Å². The third-order valence-electron chi connectivity index (χ3n) is 3.77. The summed E-state index contributed by atoms with van der Waals surface area (Å²) in [5.74, 6) is -3.08. The van der Waals surface area contributed by atoms with Gasteiger partial charge in [0.15, 0.2) is 5.69 Å². The Bertz CT molecular complexity index is 941. The topological polar surface area (TPSA) is 42.7 Å². The van der Waals surface area contributed by atoms with Crippen molar-refractivity contribution in [2.75, 3.05) is 5.32 Å². The minimum Gasteiger partial charge on any atom is -0.379 e. The fourth-order valence-corrected chi connectivity index (χ4v) is 2.43. The molecular weight excluding hydrogens is 398 g/mol. The van der Waals surface area contributed by atoms with E-state index in [0.717, 1.165) is 10.7 Å². The van der Waals surface area contributed by atoms with E-state index >= 15 is 0 Å². The maximum atomic E-state index is 13.6. The Kier molecular flexibility index (Phi) is 6.89. The second kappa shape index (κ2) is 8.97. The van der Waals surface area contributed by atoms with Crippen LogP contribution in [0.5, 0.6) is 0 Å². The highest BCUT2D eigenvalue weighted by atomic mass is 19.4. The van der Waals surface area contributed by atoms with Crippen molar-refractivity contribution in [2.45, 2.75) is 26.6 Å². The summed E-state index contributed by atoms with van der Waals surface area (Å²) in [5, 5.41) is 6.12. The molecule has 29 heavy (non-hydrogen) atoms. The highest BCUT2D eigenvalue weighted by molar-refractivity contribution is 5.58. The maximum absolute atomic E-state index is 13.6. The van der Waals surface area contributed by atoms with Crippen LogP contribution in [-0.2, 0) is 19.8 Å². The molecule has 0 spiro atoms. The Hall–Kier alpha value is -3.04. The molecule has 0 atom stereocenters. The van der Waals surface area contributed by atoms with E-state index in [1.54, 1.807) is 0 Å². The van der Waals surface area contributed by atoms with Gasteiger partial charge in [-0.25, -0.2) is 13.2 Å². The van der Waals surface area contributed by atoms with Gasteiger partial charge in [-0.2, -0.15) is 18.3 Å². The zero-order chi connectivity index (χ0) is 21.8. The minimum atomic E-state index is -4.57. The zero-order valence-corrected chi connectivity index (χ0v) is 15.8. The van der Waals surface area contributed by atoms with Gasteiger partial charge in [0, 0.05) is 31.3 Å². The molecule has 0 radical (unpaired) electrons. The number of anilines is 1. The van der Waals surface area contributed by atoms with Gasteiger partial charge in [-0.15, -0.1) is 0 Å². The number of benzene rings is 1. The molecule has 3 rings (SSSR count). The van der Waals surface area contributed by atoms with Crippen molar-refractivity contribution in [2.24, 2.45) is 7.05 Å². The van der Waals surface area contributed by atoms with Crippen LogP contribution in [0.1, 0.15) is 25.1 Å². The van der Waals surface area contributed by atoms with Crippen LogP contribution in [0.25, 0.3) is 11.4 Å². The van der Waals surface area contributed by atoms with Crippen molar-refractivity contribution in [3.05, 3.63) is 65.2 Å². The maximum Gasteiger partial charge on any atom is 0.435 e. The van der Waals surface area contributed by atoms with E-state index in [1.165, 1.54) is 25.4 Å². The second-order valence-electron chi connectivity index (χ2n) is 5.67. The average Bonchev–Trinajstić information content (AvgIpc) is 3.05. The van der Waals surface area contributed by atoms with Crippen LogP contribution in [0.3, 0.4) is 0 Å². The molecule has 2 aromatic heterocycles. The molecular formula is C19H18F6N4. The van der Waals surface area contributed by atoms with Gasteiger partial charge in [-0.3, -0.25) is 9.67 Å². The molecule has 0 aliphatic carbocycles. The van der Waals surface area contributed by atoms with Gasteiger partial charge < -0.3 is 5.32 Å². The van der Waals surface area contributed by atoms with Gasteiger partial charge in [-0.05, 0) is 18.2 Å². The lowest BCUT2D eigenvalue weighted by atomic mass is 10.2. The standard InChI is InChI=1S/C17H12F6N4.C2H6/c1-27-15(6-16(26-27)17(21,22)23)14-3-2-10(7-25-14)24-8-11-12(19)4-9(18)5-13(11)20;1-2/h2-7,24H,8H2,1H3;1-2H3. The number of hydrogen-bond acceptors (Lipinski definition) is 3. The first kappa shape index (κ1) is 22.3. The van der Waals surface area contributed by atoms with E-state index in [2.05, 4.69) is 15.4 Å². The number of rotatable bonds is 4. The number of aromatic nitrogens is 3. The van der Waals surface area contributed by atoms with E-state index in [0.29, 0.717) is 17.8 Å². The van der Waals surface area contributed by atoms with Crippen molar-refractivity contribution in [3.63, 3.8) is 0 Å². The molecule has 4 nitrogen and oxygen atoms in total. The first-order chi connectivity index (χ1) is 13.6. The first-order valence-corrected chi connectivity index (χ1v) is 8.60. The van der Waals surface area contributed by atoms with Gasteiger partial charge in [0.2, 0.25) is 0 Å². The SMILES string of the molecule is CC.Cn1nc(C(F)(F)F)cc1-c1ccc(NCc2c(F)cc(F)cc2F)cn1. The molecule has 2 heterocycles. The van der Waals surface area contributed by atoms with Gasteiger partial charge in [0.05, 0.1) is 23.3 Å². The van der Waals surface area contributed by atoms with Gasteiger partial charge in [0.25, 0.3) is 0 Å². The van der Waals surface area contributed by atoms with Crippen LogP contribution >= 0.6 is 0 Å². The molecule has 0 aliphatic rings. The number of nitrogens with one attached hydrogen (secondary N) is 1. The molecule has 156 valence electrons. The molecule has 0 bridgehead atoms. The predicted molar refractivity (Wildman–Crippen MR) is 96.4 cm³/mol. The van der Waals surface area contributed by atoms with Crippen molar-refractivity contribution in [1.82, 2.24) is 14.8 Å². The summed E-state index contributed by atoms with van der Waals surface area (Å²) in [6, 6.07) is 4.95. The van der Waals surface area contributed by atoms with Gasteiger partial charge in [-0.1, -0.05) is 13.8 Å². The number of halogens is 6. The number of alkyl halides is 3. The third kappa shape index (κ3) is 5.27. The fraction of sp³-hybridized carbons (Fsp3) is 0.263. The Morgan fingerprint density at radius 2 is 1.62 bits per heavy atom. The number of aryl methyl sites for hydroxylation is 1. The van der Waals surface area contributed by atoms with E-state index in [4.69, 9.17) is 0 Å². The molecule has 0 fully saturated rings. The average molecular weight is 416 g/mol. The molecule has 0 saturated heterocycles. The molecule has 0 unspecified atom stereocenters. The van der Waals surface area contributed by atoms with E-state index in [9.17, 15) is 26.3 Å². The van der Waals surface area contributed by atoms with Crippen molar-refractivity contribution >= 4 is 5.69 Å². The lowest BCUT2D eigenvalue weighted by Crippen LogP contribution is -2.06. The molecule has 10 heteroatoms. The minimum absolute atomic E-state index is 0.157. The first-order valence-electron chi connectivity index (χ1n) is 8.60. The number of hydrogen-bond donors (Lipinski definition) is 1. The van der Waals surface area contributed by atoms with Crippen molar-refractivity contribution in [3.8, 4) is 11.4 Å². The summed E-state index contributed by atoms with van der Waals surface area (Å²) in [6.07, 6.45) is -3.27. The Morgan fingerprint density at radius 3 is 2.10 bits per heavy atom. The summed E-state index contributed by atoms with van der Waals surface area (Å²) in [4.78, 5) is 4.04. The lowest BCUT2D eigenvalue weighted by molar-refractivity contribution is -0.141. The van der Waals surface area contributed by atoms with Crippen LogP contribution < -0.4 is 5.32 Å². The normalized spacial score (nSPS) is 11.1. The van der Waals surface area contributed by atoms with Crippen LogP contribution in [0.2, 0.25) is 0 Å². The van der Waals surface area contributed by atoms with E-state index < -0.39 is 29.3 Å². The van der Waals surface area contributed by atoms with E-state index in [-0.39, 0.29) is 23.5 Å². The fourth-order valence-electron chi connectivity index (χ4n) is 2.43. The monoisotopic (exact) mass is 416 g/mol. The molecule has 1 N–H and O–H groups in total. The van der Waals surface area contributed by atoms with Crippen molar-refractivity contribution < 1.29 is 26.3 Å².